The third-order valence-corrected chi connectivity index (χ3v) is 4.41. The molecule has 102 valence electrons. The minimum Gasteiger partial charge on any atom is -0.325 e. The predicted molar refractivity (Wildman–Crippen MR) is 76.6 cm³/mol. The second-order valence-corrected chi connectivity index (χ2v) is 6.36. The third-order valence-electron chi connectivity index (χ3n) is 3.49. The van der Waals surface area contributed by atoms with E-state index in [2.05, 4.69) is 34.3 Å². The predicted octanol–water partition coefficient (Wildman–Crippen LogP) is 1.38. The lowest BCUT2D eigenvalue weighted by atomic mass is 9.96. The normalized spacial score (nSPS) is 18.7. The Balaban J connectivity index is 1.76. The molecule has 0 aromatic carbocycles. The first-order valence-corrected chi connectivity index (χ1v) is 7.55. The number of nitrogens with two attached hydrogens (primary N) is 1. The Hall–Kier alpha value is -0.490. The topological polar surface area (TPSA) is 45.4 Å². The SMILES string of the molecule is CN(C)CC1CCN(Cc2csc(CN)n2)CC1. The van der Waals surface area contributed by atoms with Crippen LogP contribution >= 0.6 is 11.3 Å². The van der Waals surface area contributed by atoms with Crippen LogP contribution in [0.3, 0.4) is 0 Å². The van der Waals surface area contributed by atoms with Crippen LogP contribution in [0.5, 0.6) is 0 Å². The van der Waals surface area contributed by atoms with Crippen LogP contribution in [0.1, 0.15) is 23.5 Å². The fourth-order valence-corrected chi connectivity index (χ4v) is 3.25. The molecule has 4 nitrogen and oxygen atoms in total. The number of piperidine rings is 1. The Bertz CT molecular complexity index is 356. The molecule has 0 unspecified atom stereocenters. The van der Waals surface area contributed by atoms with E-state index in [1.807, 2.05) is 0 Å². The molecule has 1 fully saturated rings. The fraction of sp³-hybridized carbons (Fsp3) is 0.769. The second kappa shape index (κ2) is 6.61. The summed E-state index contributed by atoms with van der Waals surface area (Å²) in [5.41, 5.74) is 6.78. The van der Waals surface area contributed by atoms with E-state index < -0.39 is 0 Å². The van der Waals surface area contributed by atoms with Crippen molar-refractivity contribution in [2.45, 2.75) is 25.9 Å². The minimum absolute atomic E-state index is 0.565. The van der Waals surface area contributed by atoms with Crippen molar-refractivity contribution in [2.75, 3.05) is 33.7 Å². The first-order chi connectivity index (χ1) is 8.67. The number of thiazole rings is 1. The Labute approximate surface area is 114 Å². The summed E-state index contributed by atoms with van der Waals surface area (Å²) in [5, 5.41) is 3.20. The highest BCUT2D eigenvalue weighted by Gasteiger charge is 2.20. The summed E-state index contributed by atoms with van der Waals surface area (Å²) in [7, 11) is 4.33. The van der Waals surface area contributed by atoms with Gasteiger partial charge in [0.2, 0.25) is 0 Å². The van der Waals surface area contributed by atoms with Gasteiger partial charge >= 0.3 is 0 Å². The zero-order valence-electron chi connectivity index (χ0n) is 11.4. The highest BCUT2D eigenvalue weighted by molar-refractivity contribution is 7.09. The lowest BCUT2D eigenvalue weighted by Gasteiger charge is -2.32. The number of aromatic nitrogens is 1. The van der Waals surface area contributed by atoms with E-state index in [1.165, 1.54) is 38.2 Å². The average molecular weight is 268 g/mol. The van der Waals surface area contributed by atoms with E-state index in [0.29, 0.717) is 6.54 Å². The molecule has 1 aliphatic heterocycles. The van der Waals surface area contributed by atoms with Gasteiger partial charge in [-0.3, -0.25) is 4.90 Å². The maximum atomic E-state index is 5.59. The first kappa shape index (κ1) is 13.9. The van der Waals surface area contributed by atoms with Gasteiger partial charge in [0, 0.05) is 25.0 Å². The van der Waals surface area contributed by atoms with Gasteiger partial charge in [-0.05, 0) is 45.9 Å². The molecule has 2 heterocycles. The maximum Gasteiger partial charge on any atom is 0.106 e. The molecule has 2 N–H and O–H groups in total. The van der Waals surface area contributed by atoms with Gasteiger partial charge in [-0.2, -0.15) is 0 Å². The largest absolute Gasteiger partial charge is 0.325 e. The zero-order chi connectivity index (χ0) is 13.0. The molecule has 0 radical (unpaired) electrons. The Morgan fingerprint density at radius 2 is 2.17 bits per heavy atom. The molecular weight excluding hydrogens is 244 g/mol. The minimum atomic E-state index is 0.565. The number of hydrogen-bond donors (Lipinski definition) is 1. The third kappa shape index (κ3) is 4.02. The molecule has 5 heteroatoms. The summed E-state index contributed by atoms with van der Waals surface area (Å²) < 4.78 is 0. The molecule has 0 aliphatic carbocycles. The fourth-order valence-electron chi connectivity index (χ4n) is 2.59. The Morgan fingerprint density at radius 1 is 1.44 bits per heavy atom. The van der Waals surface area contributed by atoms with Crippen LogP contribution in [0.4, 0.5) is 0 Å². The molecule has 1 saturated heterocycles. The number of nitrogens with zero attached hydrogens (tertiary/aromatic N) is 3. The van der Waals surface area contributed by atoms with Gasteiger partial charge < -0.3 is 10.6 Å². The molecule has 1 aromatic rings. The van der Waals surface area contributed by atoms with Crippen molar-refractivity contribution in [1.29, 1.82) is 0 Å². The maximum absolute atomic E-state index is 5.59. The molecule has 2 rings (SSSR count). The van der Waals surface area contributed by atoms with Crippen molar-refractivity contribution >= 4 is 11.3 Å². The number of rotatable bonds is 5. The molecule has 1 aromatic heterocycles. The van der Waals surface area contributed by atoms with E-state index in [1.54, 1.807) is 11.3 Å². The van der Waals surface area contributed by atoms with Gasteiger partial charge in [0.05, 0.1) is 5.69 Å². The van der Waals surface area contributed by atoms with Crippen LogP contribution < -0.4 is 5.73 Å². The van der Waals surface area contributed by atoms with Gasteiger partial charge in [-0.1, -0.05) is 0 Å². The summed E-state index contributed by atoms with van der Waals surface area (Å²) in [5.74, 6) is 0.867. The molecule has 18 heavy (non-hydrogen) atoms. The average Bonchev–Trinajstić information content (AvgIpc) is 2.79. The van der Waals surface area contributed by atoms with Gasteiger partial charge in [0.25, 0.3) is 0 Å². The van der Waals surface area contributed by atoms with Crippen LogP contribution in [-0.4, -0.2) is 48.5 Å². The van der Waals surface area contributed by atoms with Crippen molar-refractivity contribution in [3.05, 3.63) is 16.1 Å². The first-order valence-electron chi connectivity index (χ1n) is 6.68. The van der Waals surface area contributed by atoms with E-state index in [4.69, 9.17) is 5.73 Å². The monoisotopic (exact) mass is 268 g/mol. The van der Waals surface area contributed by atoms with Crippen molar-refractivity contribution in [1.82, 2.24) is 14.8 Å². The Kier molecular flexibility index (Phi) is 5.12. The molecule has 0 spiro atoms. The molecule has 0 atom stereocenters. The van der Waals surface area contributed by atoms with E-state index >= 15 is 0 Å². The Morgan fingerprint density at radius 3 is 2.72 bits per heavy atom. The summed E-state index contributed by atoms with van der Waals surface area (Å²) in [6.07, 6.45) is 2.62. The van der Waals surface area contributed by atoms with Gasteiger partial charge in [-0.25, -0.2) is 4.98 Å². The summed E-state index contributed by atoms with van der Waals surface area (Å²) >= 11 is 1.68. The van der Waals surface area contributed by atoms with Crippen LogP contribution in [0.15, 0.2) is 5.38 Å². The lowest BCUT2D eigenvalue weighted by Crippen LogP contribution is -2.36. The molecule has 0 amide bonds. The van der Waals surface area contributed by atoms with Crippen molar-refractivity contribution in [3.8, 4) is 0 Å². The standard InChI is InChI=1S/C13H24N4S/c1-16(2)8-11-3-5-17(6-4-11)9-12-10-18-13(7-14)15-12/h10-11H,3-9,14H2,1-2H3. The van der Waals surface area contributed by atoms with Gasteiger partial charge in [0.1, 0.15) is 5.01 Å². The molecular formula is C13H24N4S. The van der Waals surface area contributed by atoms with Crippen LogP contribution in [0.25, 0.3) is 0 Å². The highest BCUT2D eigenvalue weighted by atomic mass is 32.1. The quantitative estimate of drug-likeness (QED) is 0.876. The van der Waals surface area contributed by atoms with E-state index in [9.17, 15) is 0 Å². The molecule has 0 saturated carbocycles. The van der Waals surface area contributed by atoms with Crippen LogP contribution in [0.2, 0.25) is 0 Å². The summed E-state index contributed by atoms with van der Waals surface area (Å²) in [4.78, 5) is 9.35. The number of hydrogen-bond acceptors (Lipinski definition) is 5. The van der Waals surface area contributed by atoms with Gasteiger partial charge in [-0.15, -0.1) is 11.3 Å². The molecule has 0 bridgehead atoms. The van der Waals surface area contributed by atoms with Crippen molar-refractivity contribution in [3.63, 3.8) is 0 Å². The van der Waals surface area contributed by atoms with E-state index in [-0.39, 0.29) is 0 Å². The zero-order valence-corrected chi connectivity index (χ0v) is 12.2. The smallest absolute Gasteiger partial charge is 0.106 e. The van der Waals surface area contributed by atoms with E-state index in [0.717, 1.165) is 17.5 Å². The van der Waals surface area contributed by atoms with Crippen molar-refractivity contribution < 1.29 is 0 Å². The number of likely N-dealkylation sites (tertiary alicyclic amines) is 1. The van der Waals surface area contributed by atoms with Crippen LogP contribution in [0, 0.1) is 5.92 Å². The lowest BCUT2D eigenvalue weighted by molar-refractivity contribution is 0.155. The van der Waals surface area contributed by atoms with Crippen LogP contribution in [-0.2, 0) is 13.1 Å². The second-order valence-electron chi connectivity index (χ2n) is 5.42. The van der Waals surface area contributed by atoms with Crippen molar-refractivity contribution in [2.24, 2.45) is 11.7 Å². The van der Waals surface area contributed by atoms with Gasteiger partial charge in [0.15, 0.2) is 0 Å². The highest BCUT2D eigenvalue weighted by Crippen LogP contribution is 2.20. The molecule has 1 aliphatic rings. The summed E-state index contributed by atoms with van der Waals surface area (Å²) in [6, 6.07) is 0. The summed E-state index contributed by atoms with van der Waals surface area (Å²) in [6.45, 7) is 5.19.